The zero-order chi connectivity index (χ0) is 30.8. The van der Waals surface area contributed by atoms with Crippen LogP contribution in [0.25, 0.3) is 65.3 Å². The Hall–Kier alpha value is -6.32. The number of hydrogen-bond donors (Lipinski definition) is 0. The second-order valence-corrected chi connectivity index (χ2v) is 11.6. The fourth-order valence-electron chi connectivity index (χ4n) is 5.44. The lowest BCUT2D eigenvalue weighted by molar-refractivity contribution is 1.43. The van der Waals surface area contributed by atoms with Crippen LogP contribution in [0.2, 0.25) is 0 Å². The molecule has 0 amide bonds. The maximum atomic E-state index is 9.48. The minimum Gasteiger partial charge on any atom is -0.236 e. The molecule has 0 N–H and O–H groups in total. The first kappa shape index (κ1) is 27.5. The summed E-state index contributed by atoms with van der Waals surface area (Å²) in [5.74, 6) is 0. The van der Waals surface area contributed by atoms with E-state index in [4.69, 9.17) is 10.2 Å². The van der Waals surface area contributed by atoms with Gasteiger partial charge in [0, 0.05) is 5.56 Å². The molecule has 6 aromatic carbocycles. The van der Waals surface area contributed by atoms with Crippen molar-refractivity contribution in [3.8, 4) is 73.3 Å². The van der Waals surface area contributed by atoms with Gasteiger partial charge in [-0.3, -0.25) is 0 Å². The average molecular weight is 591 g/mol. The summed E-state index contributed by atoms with van der Waals surface area (Å²) in [6.07, 6.45) is 0. The lowest BCUT2D eigenvalue weighted by atomic mass is 9.93. The number of aromatic nitrogens is 1. The van der Waals surface area contributed by atoms with E-state index < -0.39 is 0 Å². The standard InChI is InChI=1S/C40H22N4S/c41-23-26-5-7-27(8-6-26)28-9-13-30(14-10-28)34-20-35(22-36(21-34)40-44-38-3-1-2-4-39(38)45-40)31-15-11-29(12-16-31)32-17-18-33(24-42)37(19-32)25-43/h1-22H. The van der Waals surface area contributed by atoms with Gasteiger partial charge in [0.05, 0.1) is 33.0 Å². The van der Waals surface area contributed by atoms with Gasteiger partial charge in [-0.2, -0.15) is 15.8 Å². The summed E-state index contributed by atoms with van der Waals surface area (Å²) in [7, 11) is 0. The van der Waals surface area contributed by atoms with Gasteiger partial charge >= 0.3 is 0 Å². The van der Waals surface area contributed by atoms with E-state index in [-0.39, 0.29) is 0 Å². The number of nitriles is 3. The maximum absolute atomic E-state index is 9.48. The lowest BCUT2D eigenvalue weighted by Gasteiger charge is -2.11. The summed E-state index contributed by atoms with van der Waals surface area (Å²) in [6.45, 7) is 0. The van der Waals surface area contributed by atoms with Gasteiger partial charge in [-0.15, -0.1) is 11.3 Å². The van der Waals surface area contributed by atoms with E-state index in [1.54, 1.807) is 23.5 Å². The maximum Gasteiger partial charge on any atom is 0.124 e. The number of rotatable bonds is 5. The predicted octanol–water partition coefficient (Wildman–Crippen LogP) is 10.2. The highest BCUT2D eigenvalue weighted by Gasteiger charge is 2.12. The molecule has 7 aromatic rings. The lowest BCUT2D eigenvalue weighted by Crippen LogP contribution is -1.88. The van der Waals surface area contributed by atoms with E-state index in [1.165, 1.54) is 0 Å². The number of thiazole rings is 1. The van der Waals surface area contributed by atoms with Crippen LogP contribution in [-0.2, 0) is 0 Å². The van der Waals surface area contributed by atoms with Crippen molar-refractivity contribution < 1.29 is 0 Å². The van der Waals surface area contributed by atoms with E-state index in [9.17, 15) is 10.5 Å². The fraction of sp³-hybridized carbons (Fsp3) is 0. The zero-order valence-corrected chi connectivity index (χ0v) is 24.7. The topological polar surface area (TPSA) is 84.3 Å². The average Bonchev–Trinajstić information content (AvgIpc) is 3.56. The third-order valence-corrected chi connectivity index (χ3v) is 8.94. The summed E-state index contributed by atoms with van der Waals surface area (Å²) in [5, 5.41) is 28.9. The van der Waals surface area contributed by atoms with Crippen molar-refractivity contribution in [2.75, 3.05) is 0 Å². The van der Waals surface area contributed by atoms with Crippen molar-refractivity contribution >= 4 is 21.6 Å². The number of nitrogens with zero attached hydrogens (tertiary/aromatic N) is 4. The van der Waals surface area contributed by atoms with Gasteiger partial charge in [0.2, 0.25) is 0 Å². The monoisotopic (exact) mass is 590 g/mol. The van der Waals surface area contributed by atoms with E-state index in [0.717, 1.165) is 65.3 Å². The Labute approximate surface area is 265 Å². The molecule has 0 fully saturated rings. The molecule has 0 saturated heterocycles. The third-order valence-electron chi connectivity index (χ3n) is 7.85. The Morgan fingerprint density at radius 1 is 0.422 bits per heavy atom. The van der Waals surface area contributed by atoms with Crippen LogP contribution in [0.15, 0.2) is 133 Å². The molecule has 1 heterocycles. The molecule has 0 radical (unpaired) electrons. The van der Waals surface area contributed by atoms with Crippen molar-refractivity contribution in [1.82, 2.24) is 4.98 Å². The minimum atomic E-state index is 0.373. The van der Waals surface area contributed by atoms with Crippen molar-refractivity contribution in [2.45, 2.75) is 0 Å². The molecule has 0 spiro atoms. The number of benzene rings is 6. The van der Waals surface area contributed by atoms with Crippen molar-refractivity contribution in [1.29, 1.82) is 15.8 Å². The third kappa shape index (κ3) is 5.47. The SMILES string of the molecule is N#Cc1ccc(-c2ccc(-c3cc(-c4ccc(-c5ccc(C#N)c(C#N)c5)cc4)cc(-c4nc5ccccc5s4)c3)cc2)cc1. The number of hydrogen-bond acceptors (Lipinski definition) is 5. The Balaban J connectivity index is 1.29. The van der Waals surface area contributed by atoms with Crippen LogP contribution in [0.5, 0.6) is 0 Å². The highest BCUT2D eigenvalue weighted by atomic mass is 32.1. The zero-order valence-electron chi connectivity index (χ0n) is 23.9. The highest BCUT2D eigenvalue weighted by molar-refractivity contribution is 7.21. The van der Waals surface area contributed by atoms with Gasteiger partial charge in [0.25, 0.3) is 0 Å². The van der Waals surface area contributed by atoms with E-state index >= 15 is 0 Å². The Morgan fingerprint density at radius 3 is 1.47 bits per heavy atom. The van der Waals surface area contributed by atoms with Crippen LogP contribution < -0.4 is 0 Å². The molecular weight excluding hydrogens is 569 g/mol. The smallest absolute Gasteiger partial charge is 0.124 e. The molecule has 0 atom stereocenters. The van der Waals surface area contributed by atoms with Gasteiger partial charge in [-0.25, -0.2) is 4.98 Å². The van der Waals surface area contributed by atoms with Crippen LogP contribution in [0.1, 0.15) is 16.7 Å². The first-order chi connectivity index (χ1) is 22.1. The van der Waals surface area contributed by atoms with Crippen molar-refractivity contribution in [3.63, 3.8) is 0 Å². The van der Waals surface area contributed by atoms with E-state index in [0.29, 0.717) is 16.7 Å². The first-order valence-electron chi connectivity index (χ1n) is 14.3. The summed E-state index contributed by atoms with van der Waals surface area (Å²) in [5.41, 5.74) is 11.8. The Morgan fingerprint density at radius 2 is 0.911 bits per heavy atom. The molecule has 0 aliphatic heterocycles. The van der Waals surface area contributed by atoms with Crippen LogP contribution in [0.4, 0.5) is 0 Å². The Bertz CT molecular complexity index is 2300. The Kier molecular flexibility index (Phi) is 7.18. The van der Waals surface area contributed by atoms with Gasteiger partial charge in [0.1, 0.15) is 17.1 Å². The van der Waals surface area contributed by atoms with Gasteiger partial charge < -0.3 is 0 Å². The summed E-state index contributed by atoms with van der Waals surface area (Å²) < 4.78 is 1.15. The normalized spacial score (nSPS) is 10.6. The predicted molar refractivity (Wildman–Crippen MR) is 181 cm³/mol. The minimum absolute atomic E-state index is 0.373. The summed E-state index contributed by atoms with van der Waals surface area (Å²) in [4.78, 5) is 4.95. The van der Waals surface area contributed by atoms with Crippen molar-refractivity contribution in [3.05, 3.63) is 150 Å². The number of fused-ring (bicyclic) bond motifs is 1. The van der Waals surface area contributed by atoms with Crippen LogP contribution in [0.3, 0.4) is 0 Å². The van der Waals surface area contributed by atoms with Crippen LogP contribution >= 0.6 is 11.3 Å². The van der Waals surface area contributed by atoms with Crippen LogP contribution in [-0.4, -0.2) is 4.98 Å². The molecule has 0 aliphatic rings. The fourth-order valence-corrected chi connectivity index (χ4v) is 6.39. The second-order valence-electron chi connectivity index (χ2n) is 10.6. The van der Waals surface area contributed by atoms with Crippen LogP contribution in [0, 0.1) is 34.0 Å². The second kappa shape index (κ2) is 11.8. The van der Waals surface area contributed by atoms with E-state index in [2.05, 4.69) is 78.9 Å². The van der Waals surface area contributed by atoms with Gasteiger partial charge in [-0.05, 0) is 99.1 Å². The summed E-state index contributed by atoms with van der Waals surface area (Å²) in [6, 6.07) is 50.9. The quantitative estimate of drug-likeness (QED) is 0.200. The van der Waals surface area contributed by atoms with Gasteiger partial charge in [-0.1, -0.05) is 78.9 Å². The molecule has 0 unspecified atom stereocenters. The molecule has 5 heteroatoms. The molecule has 0 bridgehead atoms. The molecule has 1 aromatic heterocycles. The molecule has 4 nitrogen and oxygen atoms in total. The van der Waals surface area contributed by atoms with Gasteiger partial charge in [0.15, 0.2) is 0 Å². The van der Waals surface area contributed by atoms with Crippen molar-refractivity contribution in [2.24, 2.45) is 0 Å². The van der Waals surface area contributed by atoms with E-state index in [1.807, 2.05) is 60.7 Å². The summed E-state index contributed by atoms with van der Waals surface area (Å²) >= 11 is 1.68. The first-order valence-corrected chi connectivity index (χ1v) is 15.1. The molecular formula is C40H22N4S. The molecule has 45 heavy (non-hydrogen) atoms. The largest absolute Gasteiger partial charge is 0.236 e. The molecule has 0 saturated carbocycles. The molecule has 7 rings (SSSR count). The molecule has 208 valence electrons. The highest BCUT2D eigenvalue weighted by Crippen LogP contribution is 2.37. The number of para-hydroxylation sites is 1. The molecule has 0 aliphatic carbocycles.